The third kappa shape index (κ3) is 4.72. The monoisotopic (exact) mass is 462 g/mol. The molecule has 0 N–H and O–H groups in total. The van der Waals surface area contributed by atoms with E-state index >= 15 is 0 Å². The smallest absolute Gasteiger partial charge is 0.331 e. The lowest BCUT2D eigenvalue weighted by Crippen LogP contribution is -2.34. The van der Waals surface area contributed by atoms with Crippen molar-refractivity contribution in [1.29, 1.82) is 0 Å². The van der Waals surface area contributed by atoms with Gasteiger partial charge in [-0.15, -0.1) is 0 Å². The fraction of sp³-hybridized carbons (Fsp3) is 0.458. The van der Waals surface area contributed by atoms with Gasteiger partial charge in [0.25, 0.3) is 5.91 Å². The third-order valence-corrected chi connectivity index (χ3v) is 6.15. The van der Waals surface area contributed by atoms with Crippen molar-refractivity contribution in [2.45, 2.75) is 64.2 Å². The number of hydrogen-bond donors (Lipinski definition) is 0. The second-order valence-electron chi connectivity index (χ2n) is 8.43. The lowest BCUT2D eigenvalue weighted by molar-refractivity contribution is -0.140. The van der Waals surface area contributed by atoms with Crippen LogP contribution in [0.4, 0.5) is 17.6 Å². The number of unbranched alkanes of at least 4 members (excludes halogenated alkanes) is 1. The van der Waals surface area contributed by atoms with Gasteiger partial charge in [0.05, 0.1) is 17.7 Å². The number of amides is 1. The molecular weight excluding hydrogens is 436 g/mol. The molecule has 0 bridgehead atoms. The van der Waals surface area contributed by atoms with Crippen molar-refractivity contribution >= 4 is 17.1 Å². The molecule has 0 aliphatic heterocycles. The number of benzene rings is 1. The van der Waals surface area contributed by atoms with Crippen LogP contribution in [-0.4, -0.2) is 31.9 Å². The molecule has 1 amide bonds. The number of fused-ring (bicyclic) bond motifs is 1. The highest BCUT2D eigenvalue weighted by atomic mass is 19.4. The van der Waals surface area contributed by atoms with Crippen molar-refractivity contribution in [1.82, 2.24) is 19.4 Å². The van der Waals surface area contributed by atoms with E-state index < -0.39 is 29.0 Å². The average molecular weight is 462 g/mol. The van der Waals surface area contributed by atoms with Crippen molar-refractivity contribution in [2.24, 2.45) is 0 Å². The Morgan fingerprint density at radius 1 is 1.18 bits per heavy atom. The number of hydrogen-bond acceptors (Lipinski definition) is 3. The molecule has 0 spiro atoms. The van der Waals surface area contributed by atoms with Crippen LogP contribution in [0.25, 0.3) is 11.2 Å². The number of carbonyl (C=O) groups is 1. The predicted octanol–water partition coefficient (Wildman–Crippen LogP) is 6.15. The summed E-state index contributed by atoms with van der Waals surface area (Å²) in [7, 11) is 0. The van der Waals surface area contributed by atoms with E-state index in [4.69, 9.17) is 4.98 Å². The molecule has 1 fully saturated rings. The standard InChI is InChI=1S/C24H26F4N4O/c1-2-3-14-31(23(33)17-10-6-11-18(21(17)25)24(26,27)28)15-20-30-19-12-7-13-29-22(19)32(20)16-8-4-5-9-16/h6-7,10-13,16H,2-5,8-9,14-15H2,1H3. The number of aromatic nitrogens is 3. The minimum Gasteiger partial charge on any atom is -0.331 e. The molecule has 1 aliphatic rings. The van der Waals surface area contributed by atoms with Crippen LogP contribution < -0.4 is 0 Å². The maximum Gasteiger partial charge on any atom is 0.419 e. The van der Waals surface area contributed by atoms with E-state index in [1.807, 2.05) is 13.0 Å². The Hall–Kier alpha value is -2.97. The summed E-state index contributed by atoms with van der Waals surface area (Å²) in [6, 6.07) is 6.65. The van der Waals surface area contributed by atoms with Crippen molar-refractivity contribution in [2.75, 3.05) is 6.54 Å². The van der Waals surface area contributed by atoms with Crippen molar-refractivity contribution in [3.05, 3.63) is 59.3 Å². The van der Waals surface area contributed by atoms with E-state index in [0.717, 1.165) is 49.9 Å². The number of rotatable bonds is 7. The fourth-order valence-electron chi connectivity index (χ4n) is 4.49. The number of imidazole rings is 1. The first-order valence-corrected chi connectivity index (χ1v) is 11.3. The Kier molecular flexibility index (Phi) is 6.67. The minimum absolute atomic E-state index is 0.0708. The van der Waals surface area contributed by atoms with E-state index in [1.165, 1.54) is 4.90 Å². The van der Waals surface area contributed by atoms with Gasteiger partial charge in [-0.1, -0.05) is 32.3 Å². The van der Waals surface area contributed by atoms with Gasteiger partial charge in [-0.05, 0) is 43.5 Å². The van der Waals surface area contributed by atoms with E-state index in [-0.39, 0.29) is 19.1 Å². The first-order valence-electron chi connectivity index (χ1n) is 11.3. The Balaban J connectivity index is 1.72. The van der Waals surface area contributed by atoms with E-state index in [0.29, 0.717) is 23.8 Å². The van der Waals surface area contributed by atoms with E-state index in [1.54, 1.807) is 12.3 Å². The Morgan fingerprint density at radius 2 is 1.94 bits per heavy atom. The molecule has 1 saturated carbocycles. The minimum atomic E-state index is -4.88. The van der Waals surface area contributed by atoms with Crippen LogP contribution in [0.5, 0.6) is 0 Å². The molecule has 9 heteroatoms. The highest BCUT2D eigenvalue weighted by Crippen LogP contribution is 2.35. The normalized spacial score (nSPS) is 14.8. The molecule has 5 nitrogen and oxygen atoms in total. The summed E-state index contributed by atoms with van der Waals surface area (Å²) in [5.74, 6) is -1.69. The first-order chi connectivity index (χ1) is 15.8. The summed E-state index contributed by atoms with van der Waals surface area (Å²) < 4.78 is 56.4. The molecule has 3 aromatic rings. The van der Waals surface area contributed by atoms with Gasteiger partial charge >= 0.3 is 6.18 Å². The SMILES string of the molecule is CCCCN(Cc1nc2cccnc2n1C1CCCC1)C(=O)c1cccc(C(F)(F)F)c1F. The number of pyridine rings is 1. The topological polar surface area (TPSA) is 51.0 Å². The summed E-state index contributed by atoms with van der Waals surface area (Å²) in [4.78, 5) is 23.8. The quantitative estimate of drug-likeness (QED) is 0.396. The van der Waals surface area contributed by atoms with Crippen LogP contribution in [-0.2, 0) is 12.7 Å². The van der Waals surface area contributed by atoms with Gasteiger partial charge in [0.2, 0.25) is 0 Å². The van der Waals surface area contributed by atoms with E-state index in [9.17, 15) is 22.4 Å². The zero-order chi connectivity index (χ0) is 23.6. The summed E-state index contributed by atoms with van der Waals surface area (Å²) in [6.45, 7) is 2.30. The molecule has 2 aromatic heterocycles. The molecular formula is C24H26F4N4O. The van der Waals surface area contributed by atoms with Gasteiger partial charge < -0.3 is 9.47 Å². The van der Waals surface area contributed by atoms with Crippen LogP contribution in [0.2, 0.25) is 0 Å². The lowest BCUT2D eigenvalue weighted by Gasteiger charge is -2.25. The lowest BCUT2D eigenvalue weighted by atomic mass is 10.1. The largest absolute Gasteiger partial charge is 0.419 e. The second kappa shape index (κ2) is 9.49. The van der Waals surface area contributed by atoms with Gasteiger partial charge in [-0.25, -0.2) is 14.4 Å². The van der Waals surface area contributed by atoms with Crippen LogP contribution in [0.1, 0.15) is 73.2 Å². The van der Waals surface area contributed by atoms with Gasteiger partial charge in [0.15, 0.2) is 5.65 Å². The molecule has 0 saturated heterocycles. The Bertz CT molecular complexity index is 1140. The number of alkyl halides is 3. The summed E-state index contributed by atoms with van der Waals surface area (Å²) in [5.41, 5.74) is -0.589. The van der Waals surface area contributed by atoms with Crippen molar-refractivity contribution in [3.63, 3.8) is 0 Å². The molecule has 0 atom stereocenters. The summed E-state index contributed by atoms with van der Waals surface area (Å²) >= 11 is 0. The maximum absolute atomic E-state index is 14.7. The Labute approximate surface area is 189 Å². The number of nitrogens with zero attached hydrogens (tertiary/aromatic N) is 4. The zero-order valence-corrected chi connectivity index (χ0v) is 18.4. The molecule has 33 heavy (non-hydrogen) atoms. The van der Waals surface area contributed by atoms with Gasteiger partial charge in [-0.3, -0.25) is 4.79 Å². The molecule has 1 aliphatic carbocycles. The van der Waals surface area contributed by atoms with Crippen molar-refractivity contribution in [3.8, 4) is 0 Å². The number of carbonyl (C=O) groups excluding carboxylic acids is 1. The predicted molar refractivity (Wildman–Crippen MR) is 116 cm³/mol. The van der Waals surface area contributed by atoms with Crippen LogP contribution in [0, 0.1) is 5.82 Å². The summed E-state index contributed by atoms with van der Waals surface area (Å²) in [5, 5.41) is 0. The average Bonchev–Trinajstić information content (AvgIpc) is 3.42. The zero-order valence-electron chi connectivity index (χ0n) is 18.4. The van der Waals surface area contributed by atoms with Crippen molar-refractivity contribution < 1.29 is 22.4 Å². The fourth-order valence-corrected chi connectivity index (χ4v) is 4.49. The molecule has 176 valence electrons. The molecule has 4 rings (SSSR count). The summed E-state index contributed by atoms with van der Waals surface area (Å²) in [6.07, 6.45) is 2.34. The molecule has 2 heterocycles. The van der Waals surface area contributed by atoms with Gasteiger partial charge in [0, 0.05) is 18.8 Å². The highest BCUT2D eigenvalue weighted by Gasteiger charge is 2.36. The highest BCUT2D eigenvalue weighted by molar-refractivity contribution is 5.94. The van der Waals surface area contributed by atoms with Gasteiger partial charge in [0.1, 0.15) is 17.2 Å². The molecule has 1 aromatic carbocycles. The second-order valence-corrected chi connectivity index (χ2v) is 8.43. The van der Waals surface area contributed by atoms with Gasteiger partial charge in [-0.2, -0.15) is 13.2 Å². The molecule has 0 radical (unpaired) electrons. The first kappa shape index (κ1) is 23.2. The number of halogens is 4. The van der Waals surface area contributed by atoms with E-state index in [2.05, 4.69) is 9.55 Å². The van der Waals surface area contributed by atoms with Crippen LogP contribution in [0.3, 0.4) is 0 Å². The molecule has 0 unspecified atom stereocenters. The third-order valence-electron chi connectivity index (χ3n) is 6.15. The Morgan fingerprint density at radius 3 is 2.64 bits per heavy atom. The van der Waals surface area contributed by atoms with Crippen LogP contribution >= 0.6 is 0 Å². The van der Waals surface area contributed by atoms with Crippen LogP contribution in [0.15, 0.2) is 36.5 Å². The maximum atomic E-state index is 14.7.